The standard InChI is InChI=1S/C14H13N3O2/c18-14(12-2-1-9-19-12)17-11-5-3-10(4-6-11)13-15-7-8-16-13/h1-6,9H,7-8H2,(H,15,16)(H,17,18). The number of aliphatic imine (C=N–C) groups is 1. The monoisotopic (exact) mass is 255 g/mol. The average Bonchev–Trinajstić information content (AvgIpc) is 3.13. The zero-order chi connectivity index (χ0) is 13.1. The normalized spacial score (nSPS) is 13.8. The van der Waals surface area contributed by atoms with Crippen molar-refractivity contribution in [2.75, 3.05) is 18.4 Å². The number of amidine groups is 1. The molecule has 0 fully saturated rings. The van der Waals surface area contributed by atoms with Crippen molar-refractivity contribution in [3.05, 3.63) is 54.0 Å². The molecule has 0 radical (unpaired) electrons. The first kappa shape index (κ1) is 11.5. The molecule has 1 aromatic heterocycles. The number of furan rings is 1. The molecule has 96 valence electrons. The Morgan fingerprint density at radius 1 is 1.26 bits per heavy atom. The lowest BCUT2D eigenvalue weighted by molar-refractivity contribution is 0.0996. The molecule has 2 N–H and O–H groups in total. The summed E-state index contributed by atoms with van der Waals surface area (Å²) in [4.78, 5) is 16.1. The fourth-order valence-electron chi connectivity index (χ4n) is 1.90. The number of carbonyl (C=O) groups is 1. The maximum Gasteiger partial charge on any atom is 0.291 e. The number of carbonyl (C=O) groups excluding carboxylic acids is 1. The Labute approximate surface area is 110 Å². The van der Waals surface area contributed by atoms with Crippen molar-refractivity contribution in [3.8, 4) is 0 Å². The number of nitrogens with one attached hydrogen (secondary N) is 2. The highest BCUT2D eigenvalue weighted by Gasteiger charge is 2.10. The van der Waals surface area contributed by atoms with Crippen LogP contribution < -0.4 is 10.6 Å². The molecule has 1 aliphatic heterocycles. The summed E-state index contributed by atoms with van der Waals surface area (Å²) in [6, 6.07) is 10.9. The molecule has 0 unspecified atom stereocenters. The zero-order valence-corrected chi connectivity index (χ0v) is 10.2. The molecule has 2 aromatic rings. The van der Waals surface area contributed by atoms with Gasteiger partial charge in [-0.25, -0.2) is 0 Å². The third-order valence-electron chi connectivity index (χ3n) is 2.84. The number of rotatable bonds is 3. The molecule has 3 rings (SSSR count). The Morgan fingerprint density at radius 2 is 2.11 bits per heavy atom. The molecule has 19 heavy (non-hydrogen) atoms. The lowest BCUT2D eigenvalue weighted by Gasteiger charge is -2.05. The first-order valence-corrected chi connectivity index (χ1v) is 6.06. The molecule has 0 saturated carbocycles. The molecule has 1 aromatic carbocycles. The first-order chi connectivity index (χ1) is 9.33. The molecule has 1 aliphatic rings. The van der Waals surface area contributed by atoms with E-state index in [1.807, 2.05) is 24.3 Å². The second-order valence-electron chi connectivity index (χ2n) is 4.17. The third-order valence-corrected chi connectivity index (χ3v) is 2.84. The van der Waals surface area contributed by atoms with Crippen LogP contribution in [0, 0.1) is 0 Å². The van der Waals surface area contributed by atoms with E-state index in [1.54, 1.807) is 12.1 Å². The van der Waals surface area contributed by atoms with Crippen molar-refractivity contribution in [2.24, 2.45) is 4.99 Å². The number of hydrogen-bond donors (Lipinski definition) is 2. The minimum atomic E-state index is -0.255. The largest absolute Gasteiger partial charge is 0.459 e. The van der Waals surface area contributed by atoms with Crippen LogP contribution in [0.3, 0.4) is 0 Å². The van der Waals surface area contributed by atoms with E-state index in [2.05, 4.69) is 15.6 Å². The smallest absolute Gasteiger partial charge is 0.291 e. The van der Waals surface area contributed by atoms with Crippen LogP contribution >= 0.6 is 0 Å². The van der Waals surface area contributed by atoms with Crippen molar-refractivity contribution in [2.45, 2.75) is 0 Å². The van der Waals surface area contributed by atoms with Gasteiger partial charge in [-0.1, -0.05) is 0 Å². The van der Waals surface area contributed by atoms with Crippen molar-refractivity contribution in [1.82, 2.24) is 5.32 Å². The van der Waals surface area contributed by atoms with Crippen molar-refractivity contribution in [1.29, 1.82) is 0 Å². The molecular formula is C14H13N3O2. The van der Waals surface area contributed by atoms with E-state index in [4.69, 9.17) is 4.42 Å². The summed E-state index contributed by atoms with van der Waals surface area (Å²) in [6.07, 6.45) is 1.47. The number of anilines is 1. The highest BCUT2D eigenvalue weighted by Crippen LogP contribution is 2.12. The quantitative estimate of drug-likeness (QED) is 0.880. The average molecular weight is 255 g/mol. The van der Waals surface area contributed by atoms with Crippen LogP contribution in [-0.2, 0) is 0 Å². The van der Waals surface area contributed by atoms with Crippen LogP contribution in [0.25, 0.3) is 0 Å². The first-order valence-electron chi connectivity index (χ1n) is 6.06. The molecule has 0 saturated heterocycles. The highest BCUT2D eigenvalue weighted by atomic mass is 16.3. The van der Waals surface area contributed by atoms with Gasteiger partial charge in [0, 0.05) is 17.8 Å². The Bertz CT molecular complexity index is 600. The molecule has 0 aliphatic carbocycles. The van der Waals surface area contributed by atoms with E-state index < -0.39 is 0 Å². The zero-order valence-electron chi connectivity index (χ0n) is 10.2. The minimum absolute atomic E-state index is 0.255. The van der Waals surface area contributed by atoms with Gasteiger partial charge in [0.2, 0.25) is 0 Å². The van der Waals surface area contributed by atoms with Gasteiger partial charge in [0.1, 0.15) is 5.84 Å². The van der Waals surface area contributed by atoms with Gasteiger partial charge < -0.3 is 15.1 Å². The van der Waals surface area contributed by atoms with Crippen LogP contribution in [-0.4, -0.2) is 24.8 Å². The summed E-state index contributed by atoms with van der Waals surface area (Å²) in [6.45, 7) is 1.69. The van der Waals surface area contributed by atoms with E-state index in [-0.39, 0.29) is 5.91 Å². The van der Waals surface area contributed by atoms with Gasteiger partial charge in [-0.15, -0.1) is 0 Å². The van der Waals surface area contributed by atoms with Crippen molar-refractivity contribution in [3.63, 3.8) is 0 Å². The summed E-state index contributed by atoms with van der Waals surface area (Å²) in [5, 5.41) is 5.97. The number of benzene rings is 1. The summed E-state index contributed by atoms with van der Waals surface area (Å²) in [5.41, 5.74) is 1.75. The van der Waals surface area contributed by atoms with Crippen LogP contribution in [0.2, 0.25) is 0 Å². The van der Waals surface area contributed by atoms with E-state index in [0.717, 1.165) is 30.2 Å². The van der Waals surface area contributed by atoms with E-state index in [9.17, 15) is 4.79 Å². The van der Waals surface area contributed by atoms with Gasteiger partial charge in [0.25, 0.3) is 5.91 Å². The lowest BCUT2D eigenvalue weighted by atomic mass is 10.2. The van der Waals surface area contributed by atoms with Gasteiger partial charge in [-0.2, -0.15) is 0 Å². The number of hydrogen-bond acceptors (Lipinski definition) is 4. The van der Waals surface area contributed by atoms with Crippen LogP contribution in [0.15, 0.2) is 52.1 Å². The molecular weight excluding hydrogens is 242 g/mol. The maximum atomic E-state index is 11.8. The molecule has 0 bridgehead atoms. The summed E-state index contributed by atoms with van der Waals surface area (Å²) < 4.78 is 5.03. The van der Waals surface area contributed by atoms with Crippen LogP contribution in [0.4, 0.5) is 5.69 Å². The predicted octanol–water partition coefficient (Wildman–Crippen LogP) is 1.88. The Morgan fingerprint density at radius 3 is 2.74 bits per heavy atom. The summed E-state index contributed by atoms with van der Waals surface area (Å²) in [7, 11) is 0. The third kappa shape index (κ3) is 2.49. The fourth-order valence-corrected chi connectivity index (χ4v) is 1.90. The maximum absolute atomic E-state index is 11.8. The van der Waals surface area contributed by atoms with Gasteiger partial charge in [0.05, 0.1) is 12.8 Å². The second kappa shape index (κ2) is 4.97. The van der Waals surface area contributed by atoms with E-state index in [0.29, 0.717) is 5.76 Å². The Kier molecular flexibility index (Phi) is 3.02. The molecule has 1 amide bonds. The van der Waals surface area contributed by atoms with E-state index >= 15 is 0 Å². The molecule has 0 spiro atoms. The SMILES string of the molecule is O=C(Nc1ccc(C2=NCCN2)cc1)c1ccco1. The van der Waals surface area contributed by atoms with E-state index in [1.165, 1.54) is 6.26 Å². The molecule has 2 heterocycles. The fraction of sp³-hybridized carbons (Fsp3) is 0.143. The molecule has 5 heteroatoms. The van der Waals surface area contributed by atoms with Gasteiger partial charge in [-0.05, 0) is 36.4 Å². The second-order valence-corrected chi connectivity index (χ2v) is 4.17. The Balaban J connectivity index is 1.71. The molecule has 5 nitrogen and oxygen atoms in total. The lowest BCUT2D eigenvalue weighted by Crippen LogP contribution is -2.19. The summed E-state index contributed by atoms with van der Waals surface area (Å²) in [5.74, 6) is 0.948. The number of amides is 1. The van der Waals surface area contributed by atoms with Gasteiger partial charge in [-0.3, -0.25) is 9.79 Å². The topological polar surface area (TPSA) is 66.6 Å². The van der Waals surface area contributed by atoms with Crippen molar-refractivity contribution >= 4 is 17.4 Å². The minimum Gasteiger partial charge on any atom is -0.459 e. The van der Waals surface area contributed by atoms with Crippen LogP contribution in [0.1, 0.15) is 16.1 Å². The van der Waals surface area contributed by atoms with Gasteiger partial charge in [0.15, 0.2) is 5.76 Å². The predicted molar refractivity (Wildman–Crippen MR) is 72.5 cm³/mol. The number of nitrogens with zero attached hydrogens (tertiary/aromatic N) is 1. The Hall–Kier alpha value is -2.56. The van der Waals surface area contributed by atoms with Crippen molar-refractivity contribution < 1.29 is 9.21 Å². The summed E-state index contributed by atoms with van der Waals surface area (Å²) >= 11 is 0. The van der Waals surface area contributed by atoms with Crippen LogP contribution in [0.5, 0.6) is 0 Å². The highest BCUT2D eigenvalue weighted by molar-refractivity contribution is 6.03. The molecule has 0 atom stereocenters. The van der Waals surface area contributed by atoms with Gasteiger partial charge >= 0.3 is 0 Å².